The zero-order valence-corrected chi connectivity index (χ0v) is 11.6. The summed E-state index contributed by atoms with van der Waals surface area (Å²) in [6.07, 6.45) is 2.51. The van der Waals surface area contributed by atoms with E-state index in [0.29, 0.717) is 18.4 Å². The number of hydrogen-bond donors (Lipinski definition) is 1. The quantitative estimate of drug-likeness (QED) is 0.664. The highest BCUT2D eigenvalue weighted by molar-refractivity contribution is 7.16. The Kier molecular flexibility index (Phi) is 4.29. The van der Waals surface area contributed by atoms with Crippen LogP contribution >= 0.6 is 22.9 Å². The van der Waals surface area contributed by atoms with Crippen LogP contribution in [0.3, 0.4) is 0 Å². The summed E-state index contributed by atoms with van der Waals surface area (Å²) in [4.78, 5) is 7.78. The molecule has 2 rings (SSSR count). The van der Waals surface area contributed by atoms with Gasteiger partial charge < -0.3 is 10.6 Å². The number of aliphatic imine (C=N–C) groups is 1. The number of piperidine rings is 1. The summed E-state index contributed by atoms with van der Waals surface area (Å²) in [7, 11) is 0. The van der Waals surface area contributed by atoms with Gasteiger partial charge in [0.25, 0.3) is 0 Å². The Morgan fingerprint density at radius 3 is 3.12 bits per heavy atom. The standard InChI is InChI=1S/C12H18ClN3S/c1-9-3-2-6-16(8-9)12(14)15-7-10-4-5-11(13)17-10/h4-5,9H,2-3,6-8H2,1H3,(H2,14,15). The van der Waals surface area contributed by atoms with E-state index >= 15 is 0 Å². The van der Waals surface area contributed by atoms with Gasteiger partial charge in [-0.2, -0.15) is 0 Å². The van der Waals surface area contributed by atoms with Crippen molar-refractivity contribution in [1.29, 1.82) is 0 Å². The van der Waals surface area contributed by atoms with Crippen molar-refractivity contribution < 1.29 is 0 Å². The molecule has 0 saturated carbocycles. The number of rotatable bonds is 2. The molecule has 0 aromatic carbocycles. The molecule has 0 spiro atoms. The summed E-state index contributed by atoms with van der Waals surface area (Å²) in [5.41, 5.74) is 6.01. The lowest BCUT2D eigenvalue weighted by Crippen LogP contribution is -2.43. The maximum atomic E-state index is 6.01. The highest BCUT2D eigenvalue weighted by atomic mass is 35.5. The molecule has 1 aromatic rings. The molecule has 0 aliphatic carbocycles. The molecule has 1 unspecified atom stereocenters. The SMILES string of the molecule is CC1CCCN(C(N)=NCc2ccc(Cl)s2)C1. The summed E-state index contributed by atoms with van der Waals surface area (Å²) in [5, 5.41) is 0. The Morgan fingerprint density at radius 1 is 1.65 bits per heavy atom. The van der Waals surface area contributed by atoms with E-state index in [0.717, 1.165) is 22.3 Å². The van der Waals surface area contributed by atoms with Crippen LogP contribution in [-0.2, 0) is 6.54 Å². The normalized spacial score (nSPS) is 21.9. The Hall–Kier alpha value is -0.740. The van der Waals surface area contributed by atoms with Crippen LogP contribution in [0.15, 0.2) is 17.1 Å². The minimum absolute atomic E-state index is 0.633. The van der Waals surface area contributed by atoms with Gasteiger partial charge in [-0.15, -0.1) is 11.3 Å². The first kappa shape index (κ1) is 12.7. The molecule has 1 atom stereocenters. The Morgan fingerprint density at radius 2 is 2.47 bits per heavy atom. The number of guanidine groups is 1. The fourth-order valence-corrected chi connectivity index (χ4v) is 3.11. The third-order valence-electron chi connectivity index (χ3n) is 3.01. The Bertz CT molecular complexity index is 402. The number of thiophene rings is 1. The molecule has 1 aliphatic rings. The van der Waals surface area contributed by atoms with Crippen molar-refractivity contribution in [3.05, 3.63) is 21.3 Å². The van der Waals surface area contributed by atoms with Gasteiger partial charge in [0.1, 0.15) is 0 Å². The van der Waals surface area contributed by atoms with E-state index in [1.54, 1.807) is 11.3 Å². The number of nitrogens with zero attached hydrogens (tertiary/aromatic N) is 2. The number of nitrogens with two attached hydrogens (primary N) is 1. The smallest absolute Gasteiger partial charge is 0.191 e. The molecule has 1 fully saturated rings. The molecule has 1 saturated heterocycles. The number of halogens is 1. The van der Waals surface area contributed by atoms with Crippen molar-refractivity contribution in [3.63, 3.8) is 0 Å². The number of hydrogen-bond acceptors (Lipinski definition) is 2. The highest BCUT2D eigenvalue weighted by Gasteiger charge is 2.17. The predicted molar refractivity (Wildman–Crippen MR) is 74.6 cm³/mol. The van der Waals surface area contributed by atoms with Crippen molar-refractivity contribution in [2.75, 3.05) is 13.1 Å². The predicted octanol–water partition coefficient (Wildman–Crippen LogP) is 2.95. The summed E-state index contributed by atoms with van der Waals surface area (Å²) in [6, 6.07) is 3.90. The molecule has 1 aliphatic heterocycles. The van der Waals surface area contributed by atoms with Crippen LogP contribution < -0.4 is 5.73 Å². The van der Waals surface area contributed by atoms with Crippen LogP contribution in [0, 0.1) is 5.92 Å². The van der Waals surface area contributed by atoms with Gasteiger partial charge in [-0.1, -0.05) is 18.5 Å². The Labute approximate surface area is 111 Å². The van der Waals surface area contributed by atoms with Crippen LogP contribution in [-0.4, -0.2) is 23.9 Å². The fraction of sp³-hybridized carbons (Fsp3) is 0.583. The molecule has 1 aromatic heterocycles. The lowest BCUT2D eigenvalue weighted by atomic mass is 10.0. The van der Waals surface area contributed by atoms with Gasteiger partial charge >= 0.3 is 0 Å². The van der Waals surface area contributed by atoms with E-state index < -0.39 is 0 Å². The van der Waals surface area contributed by atoms with Crippen LogP contribution in [0.25, 0.3) is 0 Å². The average molecular weight is 272 g/mol. The van der Waals surface area contributed by atoms with Gasteiger partial charge in [0.2, 0.25) is 0 Å². The minimum Gasteiger partial charge on any atom is -0.370 e. The fourth-order valence-electron chi connectivity index (χ4n) is 2.09. The average Bonchev–Trinajstić information content (AvgIpc) is 2.72. The van der Waals surface area contributed by atoms with E-state index in [9.17, 15) is 0 Å². The first-order valence-corrected chi connectivity index (χ1v) is 7.13. The van der Waals surface area contributed by atoms with Crippen LogP contribution in [0.5, 0.6) is 0 Å². The van der Waals surface area contributed by atoms with E-state index in [-0.39, 0.29) is 0 Å². The highest BCUT2D eigenvalue weighted by Crippen LogP contribution is 2.22. The van der Waals surface area contributed by atoms with Crippen molar-refractivity contribution in [3.8, 4) is 0 Å². The van der Waals surface area contributed by atoms with Crippen molar-refractivity contribution in [2.24, 2.45) is 16.6 Å². The molecular weight excluding hydrogens is 254 g/mol. The molecule has 0 radical (unpaired) electrons. The van der Waals surface area contributed by atoms with Crippen molar-refractivity contribution in [1.82, 2.24) is 4.90 Å². The molecule has 0 amide bonds. The van der Waals surface area contributed by atoms with E-state index in [1.165, 1.54) is 12.8 Å². The van der Waals surface area contributed by atoms with Crippen LogP contribution in [0.1, 0.15) is 24.6 Å². The lowest BCUT2D eigenvalue weighted by molar-refractivity contribution is 0.270. The second-order valence-electron chi connectivity index (χ2n) is 4.57. The second kappa shape index (κ2) is 5.74. The second-order valence-corrected chi connectivity index (χ2v) is 6.37. The Balaban J connectivity index is 1.92. The third-order valence-corrected chi connectivity index (χ3v) is 4.22. The zero-order valence-electron chi connectivity index (χ0n) is 10.0. The van der Waals surface area contributed by atoms with Gasteiger partial charge in [0, 0.05) is 18.0 Å². The van der Waals surface area contributed by atoms with E-state index in [2.05, 4.69) is 16.8 Å². The third kappa shape index (κ3) is 3.61. The van der Waals surface area contributed by atoms with Gasteiger partial charge in [-0.25, -0.2) is 4.99 Å². The molecule has 3 nitrogen and oxygen atoms in total. The molecule has 0 bridgehead atoms. The monoisotopic (exact) mass is 271 g/mol. The molecule has 2 N–H and O–H groups in total. The molecule has 17 heavy (non-hydrogen) atoms. The maximum Gasteiger partial charge on any atom is 0.191 e. The first-order valence-electron chi connectivity index (χ1n) is 5.94. The molecular formula is C12H18ClN3S. The van der Waals surface area contributed by atoms with Crippen molar-refractivity contribution in [2.45, 2.75) is 26.3 Å². The topological polar surface area (TPSA) is 41.6 Å². The minimum atomic E-state index is 0.633. The van der Waals surface area contributed by atoms with Gasteiger partial charge in [0.05, 0.1) is 10.9 Å². The summed E-state index contributed by atoms with van der Waals surface area (Å²) in [5.74, 6) is 1.38. The lowest BCUT2D eigenvalue weighted by Gasteiger charge is -2.31. The summed E-state index contributed by atoms with van der Waals surface area (Å²) >= 11 is 7.43. The largest absolute Gasteiger partial charge is 0.370 e. The van der Waals surface area contributed by atoms with Gasteiger partial charge in [0.15, 0.2) is 5.96 Å². The van der Waals surface area contributed by atoms with E-state index in [4.69, 9.17) is 17.3 Å². The van der Waals surface area contributed by atoms with Crippen LogP contribution in [0.2, 0.25) is 4.34 Å². The number of likely N-dealkylation sites (tertiary alicyclic amines) is 1. The molecule has 94 valence electrons. The zero-order chi connectivity index (χ0) is 12.3. The molecule has 2 heterocycles. The van der Waals surface area contributed by atoms with Crippen molar-refractivity contribution >= 4 is 28.9 Å². The molecule has 5 heteroatoms. The first-order chi connectivity index (χ1) is 8.15. The van der Waals surface area contributed by atoms with Gasteiger partial charge in [-0.05, 0) is 30.9 Å². The summed E-state index contributed by atoms with van der Waals surface area (Å²) < 4.78 is 0.806. The maximum absolute atomic E-state index is 6.01. The van der Waals surface area contributed by atoms with E-state index in [1.807, 2.05) is 12.1 Å². The van der Waals surface area contributed by atoms with Crippen LogP contribution in [0.4, 0.5) is 0 Å². The van der Waals surface area contributed by atoms with Gasteiger partial charge in [-0.3, -0.25) is 0 Å². The summed E-state index contributed by atoms with van der Waals surface area (Å²) in [6.45, 7) is 4.96.